The molecule has 0 amide bonds. The minimum absolute atomic E-state index is 0.0688. The van der Waals surface area contributed by atoms with Crippen molar-refractivity contribution < 1.29 is 12.8 Å². The van der Waals surface area contributed by atoms with E-state index in [-0.39, 0.29) is 15.9 Å². The summed E-state index contributed by atoms with van der Waals surface area (Å²) in [4.78, 5) is 0.0688. The molecule has 0 unspecified atom stereocenters. The third kappa shape index (κ3) is 5.39. The molecular formula is C16H14ClN5O3S2. The van der Waals surface area contributed by atoms with Gasteiger partial charge in [-0.3, -0.25) is 4.72 Å². The second-order valence-corrected chi connectivity index (χ2v) is 7.74. The van der Waals surface area contributed by atoms with Gasteiger partial charge in [0.05, 0.1) is 17.7 Å². The molecule has 0 bridgehead atoms. The first-order chi connectivity index (χ1) is 12.9. The largest absolute Gasteiger partial charge is 0.467 e. The average Bonchev–Trinajstić information content (AvgIpc) is 3.16. The first kappa shape index (κ1) is 19.1. The minimum Gasteiger partial charge on any atom is -0.467 e. The molecule has 2 aromatic heterocycles. The monoisotopic (exact) mass is 423 g/mol. The highest BCUT2D eigenvalue weighted by Gasteiger charge is 2.15. The van der Waals surface area contributed by atoms with E-state index in [1.165, 1.54) is 24.3 Å². The predicted octanol–water partition coefficient (Wildman–Crippen LogP) is 3.01. The van der Waals surface area contributed by atoms with Gasteiger partial charge < -0.3 is 15.1 Å². The summed E-state index contributed by atoms with van der Waals surface area (Å²) in [5, 5.41) is 13.8. The van der Waals surface area contributed by atoms with Crippen molar-refractivity contribution in [1.82, 2.24) is 15.5 Å². The van der Waals surface area contributed by atoms with E-state index in [2.05, 4.69) is 25.6 Å². The highest BCUT2D eigenvalue weighted by Crippen LogP contribution is 2.17. The zero-order valence-electron chi connectivity index (χ0n) is 13.7. The van der Waals surface area contributed by atoms with E-state index >= 15 is 0 Å². The van der Waals surface area contributed by atoms with Crippen LogP contribution in [0.5, 0.6) is 0 Å². The Bertz CT molecular complexity index is 1010. The standard InChI is InChI=1S/C16H14ClN5O3S2/c17-14-7-8-15(21-20-14)22-27(23,24)13-5-3-11(4-6-13)19-16(26)18-10-12-2-1-9-25-12/h1-9H,10H2,(H,21,22)(H2,18,19,26). The second-order valence-electron chi connectivity index (χ2n) is 5.26. The molecule has 0 aliphatic rings. The summed E-state index contributed by atoms with van der Waals surface area (Å²) in [5.74, 6) is 0.821. The van der Waals surface area contributed by atoms with E-state index in [4.69, 9.17) is 28.2 Å². The number of halogens is 1. The highest BCUT2D eigenvalue weighted by atomic mass is 35.5. The summed E-state index contributed by atoms with van der Waals surface area (Å²) in [6.07, 6.45) is 1.58. The van der Waals surface area contributed by atoms with Crippen molar-refractivity contribution in [3.05, 3.63) is 65.7 Å². The Kier molecular flexibility index (Phi) is 5.89. The number of furan rings is 1. The van der Waals surface area contributed by atoms with Crippen LogP contribution in [0.4, 0.5) is 11.5 Å². The van der Waals surface area contributed by atoms with Crippen LogP contribution in [-0.4, -0.2) is 23.7 Å². The van der Waals surface area contributed by atoms with Gasteiger partial charge in [0.25, 0.3) is 10.0 Å². The molecule has 11 heteroatoms. The molecule has 27 heavy (non-hydrogen) atoms. The number of benzene rings is 1. The molecular weight excluding hydrogens is 410 g/mol. The van der Waals surface area contributed by atoms with E-state index in [1.807, 2.05) is 6.07 Å². The molecule has 0 atom stereocenters. The smallest absolute Gasteiger partial charge is 0.263 e. The Morgan fingerprint density at radius 1 is 1.11 bits per heavy atom. The van der Waals surface area contributed by atoms with Crippen LogP contribution in [0, 0.1) is 0 Å². The molecule has 3 N–H and O–H groups in total. The third-order valence-corrected chi connectivity index (χ3v) is 5.12. The number of rotatable bonds is 6. The normalized spacial score (nSPS) is 11.0. The van der Waals surface area contributed by atoms with Crippen molar-refractivity contribution in [3.63, 3.8) is 0 Å². The molecule has 3 rings (SSSR count). The van der Waals surface area contributed by atoms with Crippen LogP contribution in [0.15, 0.2) is 64.1 Å². The SMILES string of the molecule is O=S(=O)(Nc1ccc(Cl)nn1)c1ccc(NC(=S)NCc2ccco2)cc1. The first-order valence-corrected chi connectivity index (χ1v) is 9.89. The third-order valence-electron chi connectivity index (χ3n) is 3.30. The number of aromatic nitrogens is 2. The van der Waals surface area contributed by atoms with Crippen molar-refractivity contribution in [2.24, 2.45) is 0 Å². The maximum atomic E-state index is 12.4. The summed E-state index contributed by atoms with van der Waals surface area (Å²) in [6.45, 7) is 0.442. The summed E-state index contributed by atoms with van der Waals surface area (Å²) >= 11 is 10.8. The van der Waals surface area contributed by atoms with E-state index in [1.54, 1.807) is 24.5 Å². The molecule has 0 aliphatic carbocycles. The fraction of sp³-hybridized carbons (Fsp3) is 0.0625. The molecule has 0 spiro atoms. The van der Waals surface area contributed by atoms with Crippen LogP contribution in [-0.2, 0) is 16.6 Å². The van der Waals surface area contributed by atoms with Crippen LogP contribution in [0.25, 0.3) is 0 Å². The number of nitrogens with zero attached hydrogens (tertiary/aromatic N) is 2. The molecule has 140 valence electrons. The number of nitrogens with one attached hydrogen (secondary N) is 3. The zero-order valence-corrected chi connectivity index (χ0v) is 16.1. The fourth-order valence-corrected chi connectivity index (χ4v) is 3.33. The Morgan fingerprint density at radius 2 is 1.89 bits per heavy atom. The van der Waals surface area contributed by atoms with Crippen molar-refractivity contribution >= 4 is 50.5 Å². The number of hydrogen-bond donors (Lipinski definition) is 3. The quantitative estimate of drug-likeness (QED) is 0.519. The van der Waals surface area contributed by atoms with Crippen LogP contribution in [0.3, 0.4) is 0 Å². The van der Waals surface area contributed by atoms with Gasteiger partial charge in [-0.25, -0.2) is 8.42 Å². The van der Waals surface area contributed by atoms with Crippen LogP contribution in [0.1, 0.15) is 5.76 Å². The van der Waals surface area contributed by atoms with Gasteiger partial charge in [0, 0.05) is 5.69 Å². The summed E-state index contributed by atoms with van der Waals surface area (Å²) in [5.41, 5.74) is 0.636. The van der Waals surface area contributed by atoms with Crippen LogP contribution < -0.4 is 15.4 Å². The van der Waals surface area contributed by atoms with Crippen molar-refractivity contribution in [2.45, 2.75) is 11.4 Å². The number of anilines is 2. The summed E-state index contributed by atoms with van der Waals surface area (Å²) < 4.78 is 32.3. The van der Waals surface area contributed by atoms with Crippen molar-refractivity contribution in [2.75, 3.05) is 10.0 Å². The Labute approximate surface area is 166 Å². The van der Waals surface area contributed by atoms with Gasteiger partial charge in [0.2, 0.25) is 0 Å². The maximum Gasteiger partial charge on any atom is 0.263 e. The molecule has 0 aliphatic heterocycles. The number of hydrogen-bond acceptors (Lipinski definition) is 6. The average molecular weight is 424 g/mol. The summed E-state index contributed by atoms with van der Waals surface area (Å²) in [6, 6.07) is 12.6. The van der Waals surface area contributed by atoms with E-state index < -0.39 is 10.0 Å². The Balaban J connectivity index is 1.60. The van der Waals surface area contributed by atoms with Crippen LogP contribution >= 0.6 is 23.8 Å². The van der Waals surface area contributed by atoms with Gasteiger partial charge in [0.15, 0.2) is 16.1 Å². The lowest BCUT2D eigenvalue weighted by molar-refractivity contribution is 0.503. The lowest BCUT2D eigenvalue weighted by Gasteiger charge is -2.11. The summed E-state index contributed by atoms with van der Waals surface area (Å²) in [7, 11) is -3.80. The number of sulfonamides is 1. The highest BCUT2D eigenvalue weighted by molar-refractivity contribution is 7.92. The van der Waals surface area contributed by atoms with Gasteiger partial charge in [-0.2, -0.15) is 0 Å². The van der Waals surface area contributed by atoms with Gasteiger partial charge in [-0.05, 0) is 60.7 Å². The molecule has 3 aromatic rings. The fourth-order valence-electron chi connectivity index (χ4n) is 2.04. The van der Waals surface area contributed by atoms with Crippen molar-refractivity contribution in [3.8, 4) is 0 Å². The molecule has 0 saturated carbocycles. The molecule has 1 aromatic carbocycles. The van der Waals surface area contributed by atoms with Gasteiger partial charge in [-0.15, -0.1) is 10.2 Å². The van der Waals surface area contributed by atoms with E-state index in [0.717, 1.165) is 5.76 Å². The van der Waals surface area contributed by atoms with E-state index in [0.29, 0.717) is 17.3 Å². The first-order valence-electron chi connectivity index (χ1n) is 7.62. The predicted molar refractivity (Wildman–Crippen MR) is 106 cm³/mol. The Morgan fingerprint density at radius 3 is 2.52 bits per heavy atom. The van der Waals surface area contributed by atoms with Crippen molar-refractivity contribution in [1.29, 1.82) is 0 Å². The van der Waals surface area contributed by atoms with Gasteiger partial charge >= 0.3 is 0 Å². The molecule has 2 heterocycles. The number of thiocarbonyl (C=S) groups is 1. The second kappa shape index (κ2) is 8.33. The molecule has 0 radical (unpaired) electrons. The Hall–Kier alpha value is -2.69. The zero-order chi connectivity index (χ0) is 19.3. The van der Waals surface area contributed by atoms with Crippen LogP contribution in [0.2, 0.25) is 5.15 Å². The maximum absolute atomic E-state index is 12.4. The molecule has 8 nitrogen and oxygen atoms in total. The topological polar surface area (TPSA) is 109 Å². The van der Waals surface area contributed by atoms with Gasteiger partial charge in [0.1, 0.15) is 5.76 Å². The lowest BCUT2D eigenvalue weighted by atomic mass is 10.3. The minimum atomic E-state index is -3.80. The molecule has 0 saturated heterocycles. The molecule has 0 fully saturated rings. The van der Waals surface area contributed by atoms with Gasteiger partial charge in [-0.1, -0.05) is 11.6 Å². The lowest BCUT2D eigenvalue weighted by Crippen LogP contribution is -2.27. The van der Waals surface area contributed by atoms with E-state index in [9.17, 15) is 8.42 Å².